The minimum Gasteiger partial charge on any atom is -0.339 e. The third-order valence-corrected chi connectivity index (χ3v) is 5.18. The highest BCUT2D eigenvalue weighted by Gasteiger charge is 2.14. The fourth-order valence-electron chi connectivity index (χ4n) is 2.46. The van der Waals surface area contributed by atoms with Crippen LogP contribution in [-0.2, 0) is 16.1 Å². The van der Waals surface area contributed by atoms with E-state index in [2.05, 4.69) is 5.32 Å². The van der Waals surface area contributed by atoms with Crippen molar-refractivity contribution in [2.24, 2.45) is 0 Å². The summed E-state index contributed by atoms with van der Waals surface area (Å²) in [5.41, 5.74) is 1.51. The first kappa shape index (κ1) is 20.1. The average Bonchev–Trinajstić information content (AvgIpc) is 3.05. The highest BCUT2D eigenvalue weighted by atomic mass is 35.5. The molecule has 26 heavy (non-hydrogen) atoms. The van der Waals surface area contributed by atoms with Crippen molar-refractivity contribution in [1.82, 2.24) is 4.90 Å². The molecular weight excluding hydrogens is 372 g/mol. The number of thiophene rings is 1. The van der Waals surface area contributed by atoms with Crippen LogP contribution in [0, 0.1) is 0 Å². The van der Waals surface area contributed by atoms with Crippen LogP contribution in [0.5, 0.6) is 0 Å². The third-order valence-electron chi connectivity index (χ3n) is 3.91. The number of para-hydroxylation sites is 1. The van der Waals surface area contributed by atoms with E-state index in [1.807, 2.05) is 25.1 Å². The van der Waals surface area contributed by atoms with Crippen molar-refractivity contribution in [1.29, 1.82) is 0 Å². The topological polar surface area (TPSA) is 66.5 Å². The van der Waals surface area contributed by atoms with E-state index in [4.69, 9.17) is 11.6 Å². The lowest BCUT2D eigenvalue weighted by Gasteiger charge is -2.21. The van der Waals surface area contributed by atoms with E-state index in [-0.39, 0.29) is 30.4 Å². The minimum absolute atomic E-state index is 0.0196. The van der Waals surface area contributed by atoms with Crippen molar-refractivity contribution >= 4 is 46.2 Å². The van der Waals surface area contributed by atoms with Crippen molar-refractivity contribution in [2.75, 3.05) is 11.9 Å². The molecule has 0 saturated heterocycles. The number of nitrogens with zero attached hydrogens (tertiary/aromatic N) is 1. The summed E-state index contributed by atoms with van der Waals surface area (Å²) < 4.78 is 0.553. The van der Waals surface area contributed by atoms with E-state index in [0.717, 1.165) is 5.56 Å². The molecule has 2 aromatic rings. The zero-order valence-corrected chi connectivity index (χ0v) is 16.3. The molecule has 0 aliphatic heterocycles. The molecule has 5 nitrogen and oxygen atoms in total. The van der Waals surface area contributed by atoms with Crippen LogP contribution in [0.2, 0.25) is 4.34 Å². The zero-order chi connectivity index (χ0) is 19.1. The molecule has 0 radical (unpaired) electrons. The summed E-state index contributed by atoms with van der Waals surface area (Å²) in [6.45, 7) is 4.45. The van der Waals surface area contributed by atoms with Crippen molar-refractivity contribution in [2.45, 2.75) is 33.2 Å². The highest BCUT2D eigenvalue weighted by molar-refractivity contribution is 7.18. The molecule has 7 heteroatoms. The summed E-state index contributed by atoms with van der Waals surface area (Å²) >= 11 is 7.04. The number of Topliss-reactive ketones (excluding diaryl/α,β-unsaturated/α-hetero) is 1. The molecule has 0 bridgehead atoms. The average molecular weight is 393 g/mol. The third kappa shape index (κ3) is 5.68. The van der Waals surface area contributed by atoms with E-state index >= 15 is 0 Å². The van der Waals surface area contributed by atoms with E-state index in [9.17, 15) is 14.4 Å². The normalized spacial score (nSPS) is 10.4. The lowest BCUT2D eigenvalue weighted by Crippen LogP contribution is -2.28. The smallest absolute Gasteiger partial charge is 0.224 e. The molecule has 0 fully saturated rings. The number of carbonyl (C=O) groups excluding carboxylic acids is 3. The standard InChI is InChI=1S/C19H21ClN2O3S/c1-3-22(13(2)23)12-14-6-4-5-7-15(14)21-19(25)11-8-16(24)17-9-10-18(20)26-17/h4-7,9-10H,3,8,11-12H2,1-2H3,(H,21,25). The fraction of sp³-hybridized carbons (Fsp3) is 0.316. The Balaban J connectivity index is 1.96. The maximum absolute atomic E-state index is 12.2. The van der Waals surface area contributed by atoms with Crippen LogP contribution >= 0.6 is 22.9 Å². The Morgan fingerprint density at radius 3 is 2.46 bits per heavy atom. The van der Waals surface area contributed by atoms with Gasteiger partial charge >= 0.3 is 0 Å². The summed E-state index contributed by atoms with van der Waals surface area (Å²) in [5.74, 6) is -0.354. The number of rotatable bonds is 8. The highest BCUT2D eigenvalue weighted by Crippen LogP contribution is 2.23. The molecule has 0 aliphatic carbocycles. The number of ketones is 1. The summed E-state index contributed by atoms with van der Waals surface area (Å²) in [6.07, 6.45) is 0.215. The maximum atomic E-state index is 12.2. The van der Waals surface area contributed by atoms with Crippen LogP contribution in [0.3, 0.4) is 0 Å². The van der Waals surface area contributed by atoms with Crippen LogP contribution in [-0.4, -0.2) is 29.0 Å². The number of halogens is 1. The van der Waals surface area contributed by atoms with Gasteiger partial charge in [-0.05, 0) is 30.7 Å². The van der Waals surface area contributed by atoms with Crippen LogP contribution in [0.25, 0.3) is 0 Å². The van der Waals surface area contributed by atoms with Gasteiger partial charge in [0.1, 0.15) is 0 Å². The van der Waals surface area contributed by atoms with Gasteiger partial charge in [0.05, 0.1) is 9.21 Å². The number of hydrogen-bond acceptors (Lipinski definition) is 4. The zero-order valence-electron chi connectivity index (χ0n) is 14.8. The van der Waals surface area contributed by atoms with Gasteiger partial charge in [0.2, 0.25) is 11.8 Å². The maximum Gasteiger partial charge on any atom is 0.224 e. The van der Waals surface area contributed by atoms with Crippen molar-refractivity contribution in [3.05, 3.63) is 51.2 Å². The molecular formula is C19H21ClN2O3S. The van der Waals surface area contributed by atoms with Gasteiger partial charge in [-0.1, -0.05) is 29.8 Å². The Morgan fingerprint density at radius 1 is 1.12 bits per heavy atom. The molecule has 0 spiro atoms. The summed E-state index contributed by atoms with van der Waals surface area (Å²) in [6, 6.07) is 10.7. The number of benzene rings is 1. The quantitative estimate of drug-likeness (QED) is 0.678. The fourth-order valence-corrected chi connectivity index (χ4v) is 3.47. The van der Waals surface area contributed by atoms with Crippen molar-refractivity contribution in [3.8, 4) is 0 Å². The Hall–Kier alpha value is -2.18. The number of anilines is 1. The van der Waals surface area contributed by atoms with Gasteiger partial charge < -0.3 is 10.2 Å². The molecule has 0 aliphatic rings. The summed E-state index contributed by atoms with van der Waals surface area (Å²) in [5, 5.41) is 2.84. The van der Waals surface area contributed by atoms with Gasteiger partial charge in [0.15, 0.2) is 5.78 Å². The first-order valence-corrected chi connectivity index (χ1v) is 9.52. The SMILES string of the molecule is CCN(Cc1ccccc1NC(=O)CCC(=O)c1ccc(Cl)s1)C(C)=O. The monoisotopic (exact) mass is 392 g/mol. The minimum atomic E-state index is -0.237. The van der Waals surface area contributed by atoms with Gasteiger partial charge in [-0.25, -0.2) is 0 Å². The van der Waals surface area contributed by atoms with Gasteiger partial charge in [0, 0.05) is 38.5 Å². The first-order chi connectivity index (χ1) is 12.4. The van der Waals surface area contributed by atoms with Crippen LogP contribution in [0.4, 0.5) is 5.69 Å². The predicted octanol–water partition coefficient (Wildman–Crippen LogP) is 4.37. The first-order valence-electron chi connectivity index (χ1n) is 8.32. The Kier molecular flexibility index (Phi) is 7.36. The van der Waals surface area contributed by atoms with E-state index < -0.39 is 0 Å². The molecule has 0 atom stereocenters. The van der Waals surface area contributed by atoms with Crippen LogP contribution in [0.1, 0.15) is 41.9 Å². The number of nitrogens with one attached hydrogen (secondary N) is 1. The van der Waals surface area contributed by atoms with Crippen LogP contribution in [0.15, 0.2) is 36.4 Å². The predicted molar refractivity (Wildman–Crippen MR) is 105 cm³/mol. The van der Waals surface area contributed by atoms with Crippen molar-refractivity contribution in [3.63, 3.8) is 0 Å². The van der Waals surface area contributed by atoms with Gasteiger partial charge in [-0.15, -0.1) is 11.3 Å². The molecule has 2 amide bonds. The number of amides is 2. The largest absolute Gasteiger partial charge is 0.339 e. The molecule has 1 N–H and O–H groups in total. The van der Waals surface area contributed by atoms with Gasteiger partial charge in [-0.3, -0.25) is 14.4 Å². The number of carbonyl (C=O) groups is 3. The second kappa shape index (κ2) is 9.50. The molecule has 1 aromatic carbocycles. The lowest BCUT2D eigenvalue weighted by molar-refractivity contribution is -0.129. The second-order valence-electron chi connectivity index (χ2n) is 5.77. The van der Waals surface area contributed by atoms with Gasteiger partial charge in [0.25, 0.3) is 0 Å². The molecule has 0 saturated carbocycles. The van der Waals surface area contributed by atoms with E-state index in [1.54, 1.807) is 23.1 Å². The summed E-state index contributed by atoms with van der Waals surface area (Å²) in [4.78, 5) is 38.2. The molecule has 1 heterocycles. The second-order valence-corrected chi connectivity index (χ2v) is 7.48. The Bertz CT molecular complexity index is 804. The molecule has 1 aromatic heterocycles. The van der Waals surface area contributed by atoms with Crippen LogP contribution < -0.4 is 5.32 Å². The Labute approximate surface area is 162 Å². The summed E-state index contributed by atoms with van der Waals surface area (Å²) in [7, 11) is 0. The van der Waals surface area contributed by atoms with Crippen molar-refractivity contribution < 1.29 is 14.4 Å². The van der Waals surface area contributed by atoms with Gasteiger partial charge in [-0.2, -0.15) is 0 Å². The molecule has 2 rings (SSSR count). The van der Waals surface area contributed by atoms with E-state index in [0.29, 0.717) is 28.0 Å². The molecule has 138 valence electrons. The van der Waals surface area contributed by atoms with E-state index in [1.165, 1.54) is 18.3 Å². The lowest BCUT2D eigenvalue weighted by atomic mass is 10.1. The Morgan fingerprint density at radius 2 is 1.85 bits per heavy atom. The molecule has 0 unspecified atom stereocenters. The number of hydrogen-bond donors (Lipinski definition) is 1.